The number of halogens is 1. The maximum absolute atomic E-state index is 11.5. The zero-order chi connectivity index (χ0) is 10.8. The molecule has 0 saturated carbocycles. The van der Waals surface area contributed by atoms with E-state index < -0.39 is 0 Å². The summed E-state index contributed by atoms with van der Waals surface area (Å²) >= 11 is 3.21. The molecule has 1 saturated heterocycles. The lowest BCUT2D eigenvalue weighted by molar-refractivity contribution is 0.567. The average Bonchev–Trinajstić information content (AvgIpc) is 2.26. The van der Waals surface area contributed by atoms with E-state index in [1.807, 2.05) is 6.92 Å². The van der Waals surface area contributed by atoms with Crippen molar-refractivity contribution >= 4 is 21.9 Å². The van der Waals surface area contributed by atoms with E-state index in [4.69, 9.17) is 0 Å². The predicted molar refractivity (Wildman–Crippen MR) is 63.4 cm³/mol. The summed E-state index contributed by atoms with van der Waals surface area (Å²) < 4.78 is 0.531. The van der Waals surface area contributed by atoms with Crippen LogP contribution in [-0.2, 0) is 0 Å². The second kappa shape index (κ2) is 4.35. The van der Waals surface area contributed by atoms with Gasteiger partial charge in [-0.25, -0.2) is 4.98 Å². The molecule has 0 amide bonds. The first-order valence-electron chi connectivity index (χ1n) is 5.20. The van der Waals surface area contributed by atoms with Crippen LogP contribution in [0.5, 0.6) is 0 Å². The molecule has 1 N–H and O–H groups in total. The van der Waals surface area contributed by atoms with E-state index in [0.29, 0.717) is 10.4 Å². The first kappa shape index (κ1) is 10.7. The highest BCUT2D eigenvalue weighted by atomic mass is 79.9. The Balaban J connectivity index is 2.32. The van der Waals surface area contributed by atoms with Gasteiger partial charge in [-0.15, -0.1) is 0 Å². The number of anilines is 1. The molecular formula is C10H14BrN3O. The number of hydrogen-bond acceptors (Lipinski definition) is 3. The van der Waals surface area contributed by atoms with Gasteiger partial charge in [0.1, 0.15) is 4.47 Å². The van der Waals surface area contributed by atoms with Gasteiger partial charge in [0, 0.05) is 13.1 Å². The van der Waals surface area contributed by atoms with E-state index in [0.717, 1.165) is 18.8 Å². The number of nitrogens with zero attached hydrogens (tertiary/aromatic N) is 2. The Labute approximate surface area is 96.8 Å². The number of aromatic amines is 1. The molecule has 1 aromatic rings. The van der Waals surface area contributed by atoms with E-state index in [9.17, 15) is 4.79 Å². The second-order valence-electron chi connectivity index (χ2n) is 3.84. The summed E-state index contributed by atoms with van der Waals surface area (Å²) in [4.78, 5) is 20.9. The summed E-state index contributed by atoms with van der Waals surface area (Å²) in [5, 5.41) is 0. The molecule has 1 fully saturated rings. The van der Waals surface area contributed by atoms with Gasteiger partial charge in [0.15, 0.2) is 0 Å². The molecule has 2 heterocycles. The Hall–Kier alpha value is -0.840. The lowest BCUT2D eigenvalue weighted by Gasteiger charge is -2.27. The predicted octanol–water partition coefficient (Wildman–Crippen LogP) is 1.83. The topological polar surface area (TPSA) is 49.0 Å². The molecule has 82 valence electrons. The van der Waals surface area contributed by atoms with Gasteiger partial charge < -0.3 is 4.90 Å². The monoisotopic (exact) mass is 271 g/mol. The molecule has 0 spiro atoms. The Kier molecular flexibility index (Phi) is 3.09. The summed E-state index contributed by atoms with van der Waals surface area (Å²) in [7, 11) is 0. The van der Waals surface area contributed by atoms with Crippen LogP contribution in [0.1, 0.15) is 25.0 Å². The molecule has 2 rings (SSSR count). The van der Waals surface area contributed by atoms with Crippen molar-refractivity contribution in [3.8, 4) is 0 Å². The van der Waals surface area contributed by atoms with E-state index in [1.165, 1.54) is 19.3 Å². The van der Waals surface area contributed by atoms with Crippen LogP contribution in [-0.4, -0.2) is 23.1 Å². The molecule has 5 heteroatoms. The van der Waals surface area contributed by atoms with Crippen LogP contribution in [0.15, 0.2) is 9.27 Å². The van der Waals surface area contributed by atoms with E-state index in [1.54, 1.807) is 0 Å². The standard InChI is InChI=1S/C10H14BrN3O/c1-7-8(11)9(15)13-10(12-7)14-5-3-2-4-6-14/h2-6H2,1H3,(H,12,13,15). The highest BCUT2D eigenvalue weighted by Gasteiger charge is 2.14. The molecule has 0 radical (unpaired) electrons. The lowest BCUT2D eigenvalue weighted by Crippen LogP contribution is -2.32. The lowest BCUT2D eigenvalue weighted by atomic mass is 10.1. The molecule has 1 aliphatic heterocycles. The number of piperidine rings is 1. The van der Waals surface area contributed by atoms with Gasteiger partial charge in [-0.1, -0.05) is 0 Å². The minimum atomic E-state index is -0.0944. The van der Waals surface area contributed by atoms with Crippen LogP contribution in [0.3, 0.4) is 0 Å². The maximum Gasteiger partial charge on any atom is 0.266 e. The van der Waals surface area contributed by atoms with E-state index >= 15 is 0 Å². The van der Waals surface area contributed by atoms with Gasteiger partial charge in [0.2, 0.25) is 5.95 Å². The van der Waals surface area contributed by atoms with Crippen LogP contribution < -0.4 is 10.5 Å². The largest absolute Gasteiger partial charge is 0.342 e. The molecule has 1 aliphatic rings. The molecule has 15 heavy (non-hydrogen) atoms. The van der Waals surface area contributed by atoms with Crippen LogP contribution >= 0.6 is 15.9 Å². The number of H-pyrrole nitrogens is 1. The first-order valence-corrected chi connectivity index (χ1v) is 5.99. The number of aromatic nitrogens is 2. The molecule has 1 aromatic heterocycles. The normalized spacial score (nSPS) is 16.8. The number of aryl methyl sites for hydroxylation is 1. The minimum Gasteiger partial charge on any atom is -0.342 e. The number of hydrogen-bond donors (Lipinski definition) is 1. The van der Waals surface area contributed by atoms with Crippen molar-refractivity contribution in [3.63, 3.8) is 0 Å². The van der Waals surface area contributed by atoms with Crippen molar-refractivity contribution < 1.29 is 0 Å². The van der Waals surface area contributed by atoms with Gasteiger partial charge in [-0.2, -0.15) is 0 Å². The molecular weight excluding hydrogens is 258 g/mol. The minimum absolute atomic E-state index is 0.0944. The Morgan fingerprint density at radius 3 is 2.60 bits per heavy atom. The Bertz CT molecular complexity index is 410. The summed E-state index contributed by atoms with van der Waals surface area (Å²) in [5.74, 6) is 0.709. The average molecular weight is 272 g/mol. The maximum atomic E-state index is 11.5. The first-order chi connectivity index (χ1) is 7.18. The highest BCUT2D eigenvalue weighted by molar-refractivity contribution is 9.10. The van der Waals surface area contributed by atoms with Crippen LogP contribution in [0.25, 0.3) is 0 Å². The van der Waals surface area contributed by atoms with Gasteiger partial charge >= 0.3 is 0 Å². The zero-order valence-electron chi connectivity index (χ0n) is 8.72. The summed E-state index contributed by atoms with van der Waals surface area (Å²) in [6.45, 7) is 3.82. The van der Waals surface area contributed by atoms with Crippen molar-refractivity contribution in [2.45, 2.75) is 26.2 Å². The summed E-state index contributed by atoms with van der Waals surface area (Å²) in [6.07, 6.45) is 3.63. The molecule has 0 unspecified atom stereocenters. The van der Waals surface area contributed by atoms with Crippen molar-refractivity contribution in [3.05, 3.63) is 20.5 Å². The Morgan fingerprint density at radius 2 is 2.00 bits per heavy atom. The molecule has 4 nitrogen and oxygen atoms in total. The van der Waals surface area contributed by atoms with Crippen molar-refractivity contribution in [1.29, 1.82) is 0 Å². The molecule has 0 aliphatic carbocycles. The van der Waals surface area contributed by atoms with Gasteiger partial charge in [-0.05, 0) is 42.1 Å². The van der Waals surface area contributed by atoms with E-state index in [2.05, 4.69) is 30.8 Å². The zero-order valence-corrected chi connectivity index (χ0v) is 10.3. The SMILES string of the molecule is Cc1nc(N2CCCCC2)[nH]c(=O)c1Br. The van der Waals surface area contributed by atoms with Crippen molar-refractivity contribution in [2.24, 2.45) is 0 Å². The molecule has 0 bridgehead atoms. The third-order valence-electron chi connectivity index (χ3n) is 2.67. The summed E-state index contributed by atoms with van der Waals surface area (Å²) in [5.41, 5.74) is 0.655. The number of rotatable bonds is 1. The fourth-order valence-electron chi connectivity index (χ4n) is 1.81. The van der Waals surface area contributed by atoms with Crippen molar-refractivity contribution in [2.75, 3.05) is 18.0 Å². The van der Waals surface area contributed by atoms with E-state index in [-0.39, 0.29) is 5.56 Å². The third-order valence-corrected chi connectivity index (χ3v) is 3.61. The van der Waals surface area contributed by atoms with Crippen LogP contribution in [0, 0.1) is 6.92 Å². The van der Waals surface area contributed by atoms with Crippen LogP contribution in [0.2, 0.25) is 0 Å². The van der Waals surface area contributed by atoms with Gasteiger partial charge in [0.25, 0.3) is 5.56 Å². The van der Waals surface area contributed by atoms with Gasteiger partial charge in [-0.3, -0.25) is 9.78 Å². The second-order valence-corrected chi connectivity index (χ2v) is 4.63. The smallest absolute Gasteiger partial charge is 0.266 e. The fourth-order valence-corrected chi connectivity index (χ4v) is 2.00. The van der Waals surface area contributed by atoms with Crippen LogP contribution in [0.4, 0.5) is 5.95 Å². The summed E-state index contributed by atoms with van der Waals surface area (Å²) in [6, 6.07) is 0. The Morgan fingerprint density at radius 1 is 1.33 bits per heavy atom. The quantitative estimate of drug-likeness (QED) is 0.848. The molecule has 0 aromatic carbocycles. The fraction of sp³-hybridized carbons (Fsp3) is 0.600. The number of nitrogens with one attached hydrogen (secondary N) is 1. The van der Waals surface area contributed by atoms with Crippen molar-refractivity contribution in [1.82, 2.24) is 9.97 Å². The van der Waals surface area contributed by atoms with Gasteiger partial charge in [0.05, 0.1) is 5.69 Å². The highest BCUT2D eigenvalue weighted by Crippen LogP contribution is 2.16. The molecule has 0 atom stereocenters. The third kappa shape index (κ3) is 2.22.